The molecule has 260 valence electrons. The summed E-state index contributed by atoms with van der Waals surface area (Å²) >= 11 is 3.98. The number of alkyl halides is 1. The minimum atomic E-state index is 0.0185. The standard InChI is InChI=1S/C33H61BrN4O2.C4H6O/c1-8-11-28-31-29(9-2)37(19-18-30(31)38(35-28)25-14-12-24(13-15-25)22(4)5)33(39)26-16-17-27(34)23(6)32(26)36(10-3)20-21-40-7;1-3-4(2)5/h22-32,35H,8-21H2,1-7H3;3H,1H2,2H3. The van der Waals surface area contributed by atoms with E-state index in [0.717, 1.165) is 63.8 Å². The summed E-state index contributed by atoms with van der Waals surface area (Å²) in [5.41, 5.74) is 4.09. The number of carbonyl (C=O) groups excluding carboxylic acids is 2. The van der Waals surface area contributed by atoms with Gasteiger partial charge in [0.15, 0.2) is 5.78 Å². The number of nitrogens with one attached hydrogen (secondary N) is 1. The third-order valence-corrected chi connectivity index (χ3v) is 13.1. The molecule has 0 aromatic heterocycles. The predicted octanol–water partition coefficient (Wildman–Crippen LogP) is 7.09. The first-order chi connectivity index (χ1) is 21.5. The summed E-state index contributed by atoms with van der Waals surface area (Å²) in [7, 11) is 1.78. The molecular formula is C37H67BrN4O3. The van der Waals surface area contributed by atoms with E-state index in [0.29, 0.717) is 46.7 Å². The van der Waals surface area contributed by atoms with Crippen molar-refractivity contribution in [1.29, 1.82) is 0 Å². The summed E-state index contributed by atoms with van der Waals surface area (Å²) < 4.78 is 5.47. The maximum absolute atomic E-state index is 14.6. The number of ether oxygens (including phenoxy) is 1. The first kappa shape index (κ1) is 38.6. The molecule has 1 N–H and O–H groups in total. The number of rotatable bonds is 12. The Morgan fingerprint density at radius 3 is 2.29 bits per heavy atom. The molecule has 4 rings (SSSR count). The van der Waals surface area contributed by atoms with Crippen molar-refractivity contribution < 1.29 is 14.3 Å². The van der Waals surface area contributed by atoms with E-state index in [4.69, 9.17) is 4.74 Å². The van der Waals surface area contributed by atoms with Crippen LogP contribution >= 0.6 is 15.9 Å². The second kappa shape index (κ2) is 18.7. The Hall–Kier alpha value is -0.800. The van der Waals surface area contributed by atoms with E-state index in [1.165, 1.54) is 51.5 Å². The predicted molar refractivity (Wildman–Crippen MR) is 190 cm³/mol. The number of hydrogen-bond donors (Lipinski definition) is 1. The monoisotopic (exact) mass is 694 g/mol. The molecule has 8 atom stereocenters. The van der Waals surface area contributed by atoms with Crippen LogP contribution in [0.5, 0.6) is 0 Å². The van der Waals surface area contributed by atoms with Crippen molar-refractivity contribution in [1.82, 2.24) is 20.2 Å². The van der Waals surface area contributed by atoms with Crippen LogP contribution in [0, 0.1) is 29.6 Å². The van der Waals surface area contributed by atoms with Crippen molar-refractivity contribution in [2.24, 2.45) is 29.6 Å². The van der Waals surface area contributed by atoms with Crippen molar-refractivity contribution >= 4 is 27.6 Å². The molecule has 1 amide bonds. The molecule has 45 heavy (non-hydrogen) atoms. The highest BCUT2D eigenvalue weighted by Gasteiger charge is 2.53. The largest absolute Gasteiger partial charge is 0.383 e. The van der Waals surface area contributed by atoms with Gasteiger partial charge in [0.1, 0.15) is 0 Å². The Kier molecular flexibility index (Phi) is 16.0. The van der Waals surface area contributed by atoms with E-state index in [1.807, 2.05) is 0 Å². The van der Waals surface area contributed by atoms with Gasteiger partial charge in [-0.3, -0.25) is 19.9 Å². The fourth-order valence-corrected chi connectivity index (χ4v) is 9.81. The first-order valence-electron chi connectivity index (χ1n) is 18.4. The topological polar surface area (TPSA) is 65.1 Å². The van der Waals surface area contributed by atoms with Gasteiger partial charge in [-0.05, 0) is 95.1 Å². The molecule has 2 heterocycles. The number of nitrogens with zero attached hydrogens (tertiary/aromatic N) is 3. The third-order valence-electron chi connectivity index (χ3n) is 11.8. The minimum absolute atomic E-state index is 0.0185. The van der Waals surface area contributed by atoms with Crippen LogP contribution in [-0.2, 0) is 14.3 Å². The lowest BCUT2D eigenvalue weighted by atomic mass is 9.73. The molecule has 8 unspecified atom stereocenters. The second-order valence-electron chi connectivity index (χ2n) is 14.7. The fourth-order valence-electron chi connectivity index (χ4n) is 9.23. The number of amides is 1. The zero-order chi connectivity index (χ0) is 33.3. The van der Waals surface area contributed by atoms with Gasteiger partial charge >= 0.3 is 0 Å². The van der Waals surface area contributed by atoms with Crippen LogP contribution in [-0.4, -0.2) is 94.9 Å². The van der Waals surface area contributed by atoms with Crippen molar-refractivity contribution in [3.8, 4) is 0 Å². The van der Waals surface area contributed by atoms with Crippen LogP contribution in [0.3, 0.4) is 0 Å². The van der Waals surface area contributed by atoms with Gasteiger partial charge in [-0.2, -0.15) is 0 Å². The molecule has 7 nitrogen and oxygen atoms in total. The lowest BCUT2D eigenvalue weighted by Crippen LogP contribution is -2.61. The number of methoxy groups -OCH3 is 1. The van der Waals surface area contributed by atoms with E-state index in [1.54, 1.807) is 7.11 Å². The van der Waals surface area contributed by atoms with Gasteiger partial charge in [0.2, 0.25) is 5.91 Å². The summed E-state index contributed by atoms with van der Waals surface area (Å²) in [5.74, 6) is 3.19. The Morgan fingerprint density at radius 2 is 1.76 bits per heavy atom. The molecule has 0 bridgehead atoms. The number of hydrogen-bond acceptors (Lipinski definition) is 6. The number of halogens is 1. The molecule has 0 radical (unpaired) electrons. The van der Waals surface area contributed by atoms with E-state index < -0.39 is 0 Å². The smallest absolute Gasteiger partial charge is 0.227 e. The molecule has 8 heteroatoms. The molecule has 0 spiro atoms. The highest BCUT2D eigenvalue weighted by atomic mass is 79.9. The van der Waals surface area contributed by atoms with Crippen LogP contribution in [0.25, 0.3) is 0 Å². The quantitative estimate of drug-likeness (QED) is 0.174. The highest BCUT2D eigenvalue weighted by molar-refractivity contribution is 9.09. The van der Waals surface area contributed by atoms with Gasteiger partial charge in [-0.15, -0.1) is 0 Å². The number of fused-ring (bicyclic) bond motifs is 1. The molecule has 2 aliphatic heterocycles. The Bertz CT molecular complexity index is 925. The van der Waals surface area contributed by atoms with E-state index in [9.17, 15) is 9.59 Å². The fraction of sp³-hybridized carbons (Fsp3) is 0.892. The van der Waals surface area contributed by atoms with Gasteiger partial charge in [-0.25, -0.2) is 5.01 Å². The highest BCUT2D eigenvalue weighted by Crippen LogP contribution is 2.44. The number of hydrazine groups is 1. The third kappa shape index (κ3) is 9.43. The summed E-state index contributed by atoms with van der Waals surface area (Å²) in [5, 5.41) is 2.73. The number of allylic oxidation sites excluding steroid dienone is 1. The van der Waals surface area contributed by atoms with Gasteiger partial charge in [0.25, 0.3) is 0 Å². The molecular weight excluding hydrogens is 628 g/mol. The van der Waals surface area contributed by atoms with Crippen LogP contribution in [0.15, 0.2) is 12.7 Å². The normalized spacial score (nSPS) is 35.6. The molecule has 2 saturated carbocycles. The minimum Gasteiger partial charge on any atom is -0.383 e. The van der Waals surface area contributed by atoms with Gasteiger partial charge < -0.3 is 9.64 Å². The number of carbonyl (C=O) groups is 2. The Morgan fingerprint density at radius 1 is 1.09 bits per heavy atom. The average molecular weight is 696 g/mol. The summed E-state index contributed by atoms with van der Waals surface area (Å²) in [4.78, 5) is 29.7. The first-order valence-corrected chi connectivity index (χ1v) is 19.3. The van der Waals surface area contributed by atoms with E-state index >= 15 is 0 Å². The number of likely N-dealkylation sites (N-methyl/N-ethyl adjacent to an activating group) is 1. The molecule has 4 aliphatic rings. The maximum atomic E-state index is 14.6. The number of likely N-dealkylation sites (tertiary alicyclic amines) is 1. The van der Waals surface area contributed by atoms with Crippen LogP contribution in [0.1, 0.15) is 113 Å². The average Bonchev–Trinajstić information content (AvgIpc) is 3.41. The van der Waals surface area contributed by atoms with Crippen molar-refractivity contribution in [2.75, 3.05) is 33.4 Å². The van der Waals surface area contributed by atoms with Crippen molar-refractivity contribution in [3.05, 3.63) is 12.7 Å². The zero-order valence-electron chi connectivity index (χ0n) is 30.0. The van der Waals surface area contributed by atoms with E-state index in [2.05, 4.69) is 84.3 Å². The van der Waals surface area contributed by atoms with Crippen molar-refractivity contribution in [3.63, 3.8) is 0 Å². The summed E-state index contributed by atoms with van der Waals surface area (Å²) in [6.45, 7) is 22.2. The Balaban J connectivity index is 0.00000102. The van der Waals surface area contributed by atoms with E-state index in [-0.39, 0.29) is 17.7 Å². The Labute approximate surface area is 284 Å². The second-order valence-corrected chi connectivity index (χ2v) is 15.8. The lowest BCUT2D eigenvalue weighted by Gasteiger charge is -2.50. The maximum Gasteiger partial charge on any atom is 0.227 e. The van der Waals surface area contributed by atoms with Gasteiger partial charge in [0.05, 0.1) is 12.5 Å². The number of ketones is 1. The zero-order valence-corrected chi connectivity index (χ0v) is 31.6. The molecule has 0 aromatic rings. The van der Waals surface area contributed by atoms with Gasteiger partial charge in [0, 0.05) is 61.2 Å². The van der Waals surface area contributed by atoms with Crippen LogP contribution in [0.2, 0.25) is 0 Å². The van der Waals surface area contributed by atoms with Crippen LogP contribution in [0.4, 0.5) is 0 Å². The number of piperidine rings is 1. The lowest BCUT2D eigenvalue weighted by molar-refractivity contribution is -0.147. The van der Waals surface area contributed by atoms with Crippen molar-refractivity contribution in [2.45, 2.75) is 148 Å². The summed E-state index contributed by atoms with van der Waals surface area (Å²) in [6.07, 6.45) is 13.3. The summed E-state index contributed by atoms with van der Waals surface area (Å²) in [6, 6.07) is 2.30. The molecule has 4 fully saturated rings. The SMILES string of the molecule is C=CC(C)=O.CCCC1NN(C2CCC(C(C)C)CC2)C2CCN(C(=O)C3CCC(Br)C(C)C3N(CC)CCOC)C(CC)C12. The van der Waals surface area contributed by atoms with Crippen LogP contribution < -0.4 is 5.43 Å². The molecule has 2 aliphatic carbocycles. The molecule has 2 saturated heterocycles. The van der Waals surface area contributed by atoms with Gasteiger partial charge in [-0.1, -0.05) is 70.5 Å². The molecule has 0 aromatic carbocycles.